The molecule has 4 heterocycles. The van der Waals surface area contributed by atoms with Crippen LogP contribution in [0.25, 0.3) is 5.69 Å². The number of ether oxygens (including phenoxy) is 3. The Kier molecular flexibility index (Phi) is 12.3. The van der Waals surface area contributed by atoms with Gasteiger partial charge in [-0.15, -0.1) is 0 Å². The summed E-state index contributed by atoms with van der Waals surface area (Å²) < 4.78 is 23.6. The SMILES string of the molecule is CC(C)C(CO)NC(C)C(C)n1ncn(-c2ccc(N3CCN(c4ccc(OCC5COC(Cn6cncn6)(c6ccc(Cl)cc6Cl)O5)cc4)CC3)cc2)c1=O. The lowest BCUT2D eigenvalue weighted by atomic mass is 10.0. The van der Waals surface area contributed by atoms with Crippen molar-refractivity contribution in [1.82, 2.24) is 34.4 Å². The minimum atomic E-state index is -1.17. The summed E-state index contributed by atoms with van der Waals surface area (Å²) in [5.41, 5.74) is 3.46. The molecule has 14 nitrogen and oxygen atoms in total. The van der Waals surface area contributed by atoms with Gasteiger partial charge in [0.2, 0.25) is 5.79 Å². The molecule has 298 valence electrons. The van der Waals surface area contributed by atoms with Crippen molar-refractivity contribution in [2.75, 3.05) is 55.8 Å². The molecule has 0 bridgehead atoms. The zero-order valence-electron chi connectivity index (χ0n) is 32.0. The highest BCUT2D eigenvalue weighted by Crippen LogP contribution is 2.40. The van der Waals surface area contributed by atoms with Gasteiger partial charge in [0, 0.05) is 60.2 Å². The van der Waals surface area contributed by atoms with Crippen LogP contribution in [0.15, 0.2) is 90.5 Å². The maximum absolute atomic E-state index is 13.4. The van der Waals surface area contributed by atoms with E-state index < -0.39 is 5.79 Å². The Balaban J connectivity index is 0.906. The van der Waals surface area contributed by atoms with Crippen LogP contribution in [0, 0.1) is 5.92 Å². The molecule has 0 saturated carbocycles. The molecule has 2 N–H and O–H groups in total. The molecule has 5 aromatic rings. The summed E-state index contributed by atoms with van der Waals surface area (Å²) in [5, 5.41) is 22.8. The Morgan fingerprint density at radius 2 is 1.57 bits per heavy atom. The van der Waals surface area contributed by atoms with E-state index in [4.69, 9.17) is 37.4 Å². The second-order valence-electron chi connectivity index (χ2n) is 14.8. The topological polar surface area (TPSA) is 137 Å². The monoisotopic (exact) mass is 805 g/mol. The molecule has 2 aliphatic heterocycles. The minimum Gasteiger partial charge on any atom is -0.491 e. The smallest absolute Gasteiger partial charge is 0.350 e. The van der Waals surface area contributed by atoms with Crippen LogP contribution in [0.3, 0.4) is 0 Å². The number of piperazine rings is 1. The van der Waals surface area contributed by atoms with Gasteiger partial charge in [-0.3, -0.25) is 0 Å². The Morgan fingerprint density at radius 1 is 0.911 bits per heavy atom. The van der Waals surface area contributed by atoms with Crippen LogP contribution < -0.4 is 25.5 Å². The standard InChI is InChI=1S/C40H49Cl2N9O5/c1-27(2)38(20-52)46-28(3)29(4)51-39(53)50(26-45-51)33-8-6-31(7-9-33)47-15-17-48(18-16-47)32-10-12-34(13-11-32)54-21-35-22-55-40(56-35,23-49-25-43-24-44-49)36-14-5-30(41)19-37(36)42/h5-14,19,24-29,35,38,46,52H,15-18,20-23H2,1-4H3. The van der Waals surface area contributed by atoms with Crippen LogP contribution in [0.1, 0.15) is 39.3 Å². The molecule has 2 fully saturated rings. The Hall–Kier alpha value is -4.44. The number of nitrogens with one attached hydrogen (secondary N) is 1. The molecule has 2 aromatic heterocycles. The van der Waals surface area contributed by atoms with Crippen molar-refractivity contribution < 1.29 is 19.3 Å². The van der Waals surface area contributed by atoms with E-state index in [1.807, 2.05) is 44.2 Å². The van der Waals surface area contributed by atoms with Gasteiger partial charge in [-0.05, 0) is 80.4 Å². The molecule has 0 amide bonds. The van der Waals surface area contributed by atoms with Crippen LogP contribution in [0.4, 0.5) is 11.4 Å². The number of halogens is 2. The summed E-state index contributed by atoms with van der Waals surface area (Å²) in [7, 11) is 0. The average molecular weight is 807 g/mol. The van der Waals surface area contributed by atoms with Gasteiger partial charge in [0.15, 0.2) is 0 Å². The molecule has 56 heavy (non-hydrogen) atoms. The van der Waals surface area contributed by atoms with Crippen molar-refractivity contribution in [3.05, 3.63) is 112 Å². The molecule has 0 spiro atoms. The molecule has 5 atom stereocenters. The molecular formula is C40H49Cl2N9O5. The first-order valence-corrected chi connectivity index (χ1v) is 19.7. The zero-order chi connectivity index (χ0) is 39.4. The first kappa shape index (κ1) is 39.8. The molecule has 2 saturated heterocycles. The van der Waals surface area contributed by atoms with E-state index in [-0.39, 0.29) is 55.6 Å². The number of aliphatic hydroxyl groups is 1. The number of anilines is 2. The second kappa shape index (κ2) is 17.4. The maximum atomic E-state index is 13.4. The predicted molar refractivity (Wildman–Crippen MR) is 216 cm³/mol. The number of hydrogen-bond donors (Lipinski definition) is 2. The van der Waals surface area contributed by atoms with Crippen LogP contribution in [-0.2, 0) is 21.8 Å². The lowest BCUT2D eigenvalue weighted by Crippen LogP contribution is -2.47. The number of aliphatic hydroxyl groups excluding tert-OH is 1. The lowest BCUT2D eigenvalue weighted by Gasteiger charge is -2.37. The molecule has 2 aliphatic rings. The van der Waals surface area contributed by atoms with Crippen molar-refractivity contribution >= 4 is 34.6 Å². The van der Waals surface area contributed by atoms with Crippen LogP contribution in [0.5, 0.6) is 5.75 Å². The number of hydrogen-bond acceptors (Lipinski definition) is 11. The van der Waals surface area contributed by atoms with E-state index in [1.54, 1.807) is 34.0 Å². The Labute approximate surface area is 336 Å². The molecule has 0 radical (unpaired) electrons. The summed E-state index contributed by atoms with van der Waals surface area (Å²) in [6.07, 6.45) is 4.30. The van der Waals surface area contributed by atoms with Gasteiger partial charge >= 0.3 is 5.69 Å². The van der Waals surface area contributed by atoms with Gasteiger partial charge < -0.3 is 34.4 Å². The number of benzene rings is 3. The summed E-state index contributed by atoms with van der Waals surface area (Å²) in [6, 6.07) is 21.1. The van der Waals surface area contributed by atoms with E-state index in [1.165, 1.54) is 11.0 Å². The molecule has 0 aliphatic carbocycles. The van der Waals surface area contributed by atoms with Gasteiger partial charge in [-0.2, -0.15) is 10.2 Å². The Bertz CT molecular complexity index is 2090. The average Bonchev–Trinajstić information content (AvgIpc) is 3.97. The first-order valence-electron chi connectivity index (χ1n) is 19.0. The number of rotatable bonds is 15. The fourth-order valence-electron chi connectivity index (χ4n) is 7.19. The largest absolute Gasteiger partial charge is 0.491 e. The van der Waals surface area contributed by atoms with Crippen molar-refractivity contribution in [3.8, 4) is 11.4 Å². The van der Waals surface area contributed by atoms with Crippen molar-refractivity contribution in [1.29, 1.82) is 0 Å². The van der Waals surface area contributed by atoms with Crippen LogP contribution in [0.2, 0.25) is 10.0 Å². The highest BCUT2D eigenvalue weighted by molar-refractivity contribution is 6.35. The third-order valence-corrected chi connectivity index (χ3v) is 11.3. The third-order valence-electron chi connectivity index (χ3n) is 10.7. The highest BCUT2D eigenvalue weighted by Gasteiger charge is 2.45. The normalized spacial score (nSPS) is 20.4. The molecule has 7 rings (SSSR count). The molecule has 5 unspecified atom stereocenters. The van der Waals surface area contributed by atoms with E-state index in [0.29, 0.717) is 22.2 Å². The first-order chi connectivity index (χ1) is 27.0. The van der Waals surface area contributed by atoms with E-state index in [9.17, 15) is 9.90 Å². The fourth-order valence-corrected chi connectivity index (χ4v) is 7.74. The third kappa shape index (κ3) is 8.75. The van der Waals surface area contributed by atoms with E-state index in [0.717, 1.165) is 49.0 Å². The van der Waals surface area contributed by atoms with Gasteiger partial charge in [-0.1, -0.05) is 43.1 Å². The number of nitrogens with zero attached hydrogens (tertiary/aromatic N) is 8. The van der Waals surface area contributed by atoms with Gasteiger partial charge in [0.05, 0.1) is 30.0 Å². The summed E-state index contributed by atoms with van der Waals surface area (Å²) in [4.78, 5) is 22.1. The van der Waals surface area contributed by atoms with E-state index in [2.05, 4.69) is 68.4 Å². The highest BCUT2D eigenvalue weighted by atomic mass is 35.5. The summed E-state index contributed by atoms with van der Waals surface area (Å²) >= 11 is 12.8. The quantitative estimate of drug-likeness (QED) is 0.145. The fraction of sp³-hybridized carbons (Fsp3) is 0.450. The summed E-state index contributed by atoms with van der Waals surface area (Å²) in [6.45, 7) is 12.4. The van der Waals surface area contributed by atoms with Crippen molar-refractivity contribution in [3.63, 3.8) is 0 Å². The van der Waals surface area contributed by atoms with Crippen molar-refractivity contribution in [2.24, 2.45) is 5.92 Å². The van der Waals surface area contributed by atoms with E-state index >= 15 is 0 Å². The number of aromatic nitrogens is 6. The van der Waals surface area contributed by atoms with Gasteiger partial charge in [-0.25, -0.2) is 23.7 Å². The van der Waals surface area contributed by atoms with Gasteiger partial charge in [0.25, 0.3) is 0 Å². The predicted octanol–water partition coefficient (Wildman–Crippen LogP) is 5.16. The van der Waals surface area contributed by atoms with Crippen LogP contribution in [-0.4, -0.2) is 98.4 Å². The minimum absolute atomic E-state index is 0.0371. The van der Waals surface area contributed by atoms with Crippen LogP contribution >= 0.6 is 23.2 Å². The Morgan fingerprint density at radius 3 is 2.18 bits per heavy atom. The molecular weight excluding hydrogens is 757 g/mol. The van der Waals surface area contributed by atoms with Crippen molar-refractivity contribution in [2.45, 2.75) is 64.3 Å². The summed E-state index contributed by atoms with van der Waals surface area (Å²) in [5.74, 6) is -0.167. The van der Waals surface area contributed by atoms with Gasteiger partial charge in [0.1, 0.15) is 44.0 Å². The lowest BCUT2D eigenvalue weighted by molar-refractivity contribution is -0.190. The maximum Gasteiger partial charge on any atom is 0.350 e. The second-order valence-corrected chi connectivity index (χ2v) is 15.6. The zero-order valence-corrected chi connectivity index (χ0v) is 33.6. The molecule has 3 aromatic carbocycles. The molecule has 16 heteroatoms.